The van der Waals surface area contributed by atoms with Crippen LogP contribution in [0.15, 0.2) is 48.5 Å². The van der Waals surface area contributed by atoms with Gasteiger partial charge in [-0.1, -0.05) is 42.5 Å². The Kier molecular flexibility index (Phi) is 5.14. The molecule has 1 unspecified atom stereocenters. The second-order valence-electron chi connectivity index (χ2n) is 6.24. The minimum Gasteiger partial charge on any atom is -0.368 e. The predicted octanol–water partition coefficient (Wildman–Crippen LogP) is 2.84. The van der Waals surface area contributed by atoms with E-state index in [9.17, 15) is 9.18 Å². The third-order valence-electron chi connectivity index (χ3n) is 4.50. The summed E-state index contributed by atoms with van der Waals surface area (Å²) in [5.41, 5.74) is 9.12. The highest BCUT2D eigenvalue weighted by molar-refractivity contribution is 5.85. The number of nitrogens with two attached hydrogens (primary N) is 1. The zero-order chi connectivity index (χ0) is 17.8. The molecule has 130 valence electrons. The average molecular weight is 339 g/mol. The summed E-state index contributed by atoms with van der Waals surface area (Å²) in [4.78, 5) is 14.8. The van der Waals surface area contributed by atoms with E-state index in [2.05, 4.69) is 10.3 Å². The molecule has 3 rings (SSSR count). The van der Waals surface area contributed by atoms with Crippen molar-refractivity contribution in [1.29, 1.82) is 0 Å². The van der Waals surface area contributed by atoms with Crippen LogP contribution in [-0.4, -0.2) is 23.5 Å². The van der Waals surface area contributed by atoms with Gasteiger partial charge in [-0.15, -0.1) is 0 Å². The van der Waals surface area contributed by atoms with E-state index < -0.39 is 6.04 Å². The Labute approximate surface area is 146 Å². The Morgan fingerprint density at radius 1 is 1.20 bits per heavy atom. The number of para-hydroxylation sites is 1. The van der Waals surface area contributed by atoms with Crippen molar-refractivity contribution in [1.82, 2.24) is 10.3 Å². The van der Waals surface area contributed by atoms with Crippen molar-refractivity contribution in [2.75, 3.05) is 6.54 Å². The minimum absolute atomic E-state index is 0.251. The summed E-state index contributed by atoms with van der Waals surface area (Å²) in [7, 11) is 0. The lowest BCUT2D eigenvalue weighted by Gasteiger charge is -2.15. The number of hydrogen-bond acceptors (Lipinski definition) is 2. The number of benzene rings is 2. The van der Waals surface area contributed by atoms with Crippen LogP contribution in [0.3, 0.4) is 0 Å². The predicted molar refractivity (Wildman–Crippen MR) is 97.8 cm³/mol. The molecule has 4 N–H and O–H groups in total. The fourth-order valence-electron chi connectivity index (χ4n) is 3.18. The molecular formula is C20H22FN3O. The van der Waals surface area contributed by atoms with Crippen LogP contribution in [0.5, 0.6) is 0 Å². The summed E-state index contributed by atoms with van der Waals surface area (Å²) in [6.45, 7) is 2.52. The monoisotopic (exact) mass is 339 g/mol. The minimum atomic E-state index is -0.426. The molecule has 5 heteroatoms. The molecule has 0 aliphatic heterocycles. The fraction of sp³-hybridized carbons (Fsp3) is 0.250. The van der Waals surface area contributed by atoms with Crippen LogP contribution in [0.25, 0.3) is 10.9 Å². The van der Waals surface area contributed by atoms with E-state index in [1.54, 1.807) is 6.07 Å². The number of carbonyl (C=O) groups is 1. The van der Waals surface area contributed by atoms with Crippen LogP contribution in [0.4, 0.5) is 4.39 Å². The van der Waals surface area contributed by atoms with Gasteiger partial charge in [0.15, 0.2) is 0 Å². The van der Waals surface area contributed by atoms with Gasteiger partial charge in [0.1, 0.15) is 5.82 Å². The highest BCUT2D eigenvalue weighted by Crippen LogP contribution is 2.24. The highest BCUT2D eigenvalue weighted by Gasteiger charge is 2.16. The molecule has 0 fully saturated rings. The van der Waals surface area contributed by atoms with Crippen LogP contribution in [0.1, 0.15) is 16.8 Å². The number of hydrogen-bond donors (Lipinski definition) is 3. The molecule has 0 saturated heterocycles. The van der Waals surface area contributed by atoms with Gasteiger partial charge in [-0.3, -0.25) is 4.79 Å². The summed E-state index contributed by atoms with van der Waals surface area (Å²) in [5.74, 6) is -0.621. The summed E-state index contributed by atoms with van der Waals surface area (Å²) in [6.07, 6.45) is 1.24. The molecule has 1 amide bonds. The molecule has 3 aromatic rings. The van der Waals surface area contributed by atoms with Crippen molar-refractivity contribution >= 4 is 16.8 Å². The molecule has 0 aliphatic rings. The Bertz CT molecular complexity index is 873. The molecule has 25 heavy (non-hydrogen) atoms. The quantitative estimate of drug-likeness (QED) is 0.619. The number of fused-ring (bicyclic) bond motifs is 1. The first-order valence-electron chi connectivity index (χ1n) is 8.38. The van der Waals surface area contributed by atoms with Gasteiger partial charge in [0.25, 0.3) is 0 Å². The Morgan fingerprint density at radius 3 is 2.68 bits per heavy atom. The molecule has 1 aromatic heterocycles. The largest absolute Gasteiger partial charge is 0.368 e. The van der Waals surface area contributed by atoms with Gasteiger partial charge in [-0.05, 0) is 37.0 Å². The molecule has 2 aromatic carbocycles. The third-order valence-corrected chi connectivity index (χ3v) is 4.50. The lowest BCUT2D eigenvalue weighted by molar-refractivity contribution is -0.120. The third kappa shape index (κ3) is 3.88. The summed E-state index contributed by atoms with van der Waals surface area (Å²) in [6, 6.07) is 14.4. The Hall–Kier alpha value is -2.66. The standard InChI is InChI=1S/C20H22FN3O/c1-13-15(16-8-5-9-17(21)19(16)24-13)10-11-23-18(20(22)25)12-14-6-3-2-4-7-14/h2-9,18,23-24H,10-12H2,1H3,(H2,22,25). The highest BCUT2D eigenvalue weighted by atomic mass is 19.1. The number of carbonyl (C=O) groups excluding carboxylic acids is 1. The maximum Gasteiger partial charge on any atom is 0.234 e. The maximum atomic E-state index is 13.9. The van der Waals surface area contributed by atoms with E-state index in [4.69, 9.17) is 5.73 Å². The van der Waals surface area contributed by atoms with Gasteiger partial charge < -0.3 is 16.0 Å². The van der Waals surface area contributed by atoms with E-state index >= 15 is 0 Å². The van der Waals surface area contributed by atoms with E-state index in [1.165, 1.54) is 6.07 Å². The number of halogens is 1. The van der Waals surface area contributed by atoms with E-state index in [1.807, 2.05) is 43.3 Å². The van der Waals surface area contributed by atoms with Gasteiger partial charge in [0.2, 0.25) is 5.91 Å². The number of rotatable bonds is 7. The number of nitrogens with one attached hydrogen (secondary N) is 2. The van der Waals surface area contributed by atoms with Gasteiger partial charge in [-0.2, -0.15) is 0 Å². The van der Waals surface area contributed by atoms with Crippen LogP contribution >= 0.6 is 0 Å². The molecule has 1 heterocycles. The number of H-pyrrole nitrogens is 1. The van der Waals surface area contributed by atoms with Crippen molar-refractivity contribution in [3.8, 4) is 0 Å². The van der Waals surface area contributed by atoms with Gasteiger partial charge in [0.05, 0.1) is 11.6 Å². The maximum absolute atomic E-state index is 13.9. The number of aryl methyl sites for hydroxylation is 1. The van der Waals surface area contributed by atoms with E-state index in [0.29, 0.717) is 24.9 Å². The van der Waals surface area contributed by atoms with Crippen molar-refractivity contribution in [2.24, 2.45) is 5.73 Å². The second-order valence-corrected chi connectivity index (χ2v) is 6.24. The summed E-state index contributed by atoms with van der Waals surface area (Å²) >= 11 is 0. The van der Waals surface area contributed by atoms with Crippen molar-refractivity contribution in [3.63, 3.8) is 0 Å². The fourth-order valence-corrected chi connectivity index (χ4v) is 3.18. The number of primary amides is 1. The SMILES string of the molecule is Cc1[nH]c2c(F)cccc2c1CCNC(Cc1ccccc1)C(N)=O. The van der Waals surface area contributed by atoms with Crippen molar-refractivity contribution in [2.45, 2.75) is 25.8 Å². The van der Waals surface area contributed by atoms with Gasteiger partial charge in [-0.25, -0.2) is 4.39 Å². The van der Waals surface area contributed by atoms with Gasteiger partial charge >= 0.3 is 0 Å². The zero-order valence-corrected chi connectivity index (χ0v) is 14.2. The lowest BCUT2D eigenvalue weighted by Crippen LogP contribution is -2.43. The average Bonchev–Trinajstić information content (AvgIpc) is 2.92. The van der Waals surface area contributed by atoms with Crippen LogP contribution < -0.4 is 11.1 Å². The van der Waals surface area contributed by atoms with E-state index in [-0.39, 0.29) is 11.7 Å². The first kappa shape index (κ1) is 17.2. The van der Waals surface area contributed by atoms with Crippen molar-refractivity contribution < 1.29 is 9.18 Å². The molecule has 1 atom stereocenters. The first-order chi connectivity index (χ1) is 12.1. The van der Waals surface area contributed by atoms with Gasteiger partial charge in [0, 0.05) is 17.6 Å². The zero-order valence-electron chi connectivity index (χ0n) is 14.2. The second kappa shape index (κ2) is 7.49. The summed E-state index contributed by atoms with van der Waals surface area (Å²) < 4.78 is 13.9. The van der Waals surface area contributed by atoms with Crippen LogP contribution in [0, 0.1) is 12.7 Å². The molecule has 0 aliphatic carbocycles. The molecule has 0 spiro atoms. The molecular weight excluding hydrogens is 317 g/mol. The Balaban J connectivity index is 1.68. The van der Waals surface area contributed by atoms with Crippen molar-refractivity contribution in [3.05, 3.63) is 71.2 Å². The lowest BCUT2D eigenvalue weighted by atomic mass is 10.0. The summed E-state index contributed by atoms with van der Waals surface area (Å²) in [5, 5.41) is 4.12. The van der Waals surface area contributed by atoms with Crippen LogP contribution in [0.2, 0.25) is 0 Å². The number of amides is 1. The molecule has 0 radical (unpaired) electrons. The molecule has 4 nitrogen and oxygen atoms in total. The molecule has 0 saturated carbocycles. The van der Waals surface area contributed by atoms with E-state index in [0.717, 1.165) is 22.2 Å². The number of aromatic nitrogens is 1. The number of aromatic amines is 1. The Morgan fingerprint density at radius 2 is 1.96 bits per heavy atom. The normalized spacial score (nSPS) is 12.4. The topological polar surface area (TPSA) is 70.9 Å². The first-order valence-corrected chi connectivity index (χ1v) is 8.38. The smallest absolute Gasteiger partial charge is 0.234 e. The molecule has 0 bridgehead atoms. The van der Waals surface area contributed by atoms with Crippen LogP contribution in [-0.2, 0) is 17.6 Å².